The van der Waals surface area contributed by atoms with Gasteiger partial charge >= 0.3 is 5.97 Å². The van der Waals surface area contributed by atoms with Gasteiger partial charge in [-0.3, -0.25) is 4.79 Å². The number of esters is 1. The van der Waals surface area contributed by atoms with Crippen LogP contribution >= 0.6 is 10.7 Å². The summed E-state index contributed by atoms with van der Waals surface area (Å²) in [5.41, 5.74) is 0. The topological polar surface area (TPSA) is 60.4 Å². The molecule has 0 saturated heterocycles. The summed E-state index contributed by atoms with van der Waals surface area (Å²) in [5, 5.41) is 0. The highest BCUT2D eigenvalue weighted by Crippen LogP contribution is 1.83. The summed E-state index contributed by atoms with van der Waals surface area (Å²) < 4.78 is 23.2. The van der Waals surface area contributed by atoms with Gasteiger partial charge in [0.1, 0.15) is 0 Å². The molecule has 6 heteroatoms. The Kier molecular flexibility index (Phi) is 7.77. The van der Waals surface area contributed by atoms with Gasteiger partial charge in [-0.1, -0.05) is 0 Å². The van der Waals surface area contributed by atoms with E-state index in [1.54, 1.807) is 6.92 Å². The van der Waals surface area contributed by atoms with Crippen LogP contribution in [-0.2, 0) is 18.6 Å². The van der Waals surface area contributed by atoms with Gasteiger partial charge in [0, 0.05) is 17.6 Å². The Labute approximate surface area is 70.9 Å². The third kappa shape index (κ3) is 78.6. The van der Waals surface area contributed by atoms with Crippen LogP contribution in [0.4, 0.5) is 0 Å². The molecule has 0 aliphatic heterocycles. The Bertz CT molecular complexity index is 189. The largest absolute Gasteiger partial charge is 0.466 e. The van der Waals surface area contributed by atoms with Gasteiger partial charge in [0.05, 0.1) is 12.9 Å². The SMILES string of the molecule is CCOC(C)=O.CS(=O)(=O)Cl. The Morgan fingerprint density at radius 1 is 1.55 bits per heavy atom. The summed E-state index contributed by atoms with van der Waals surface area (Å²) in [6, 6.07) is 0. The summed E-state index contributed by atoms with van der Waals surface area (Å²) in [5.74, 6) is -0.211. The zero-order valence-electron chi connectivity index (χ0n) is 6.63. The van der Waals surface area contributed by atoms with Gasteiger partial charge in [0.25, 0.3) is 0 Å². The van der Waals surface area contributed by atoms with E-state index in [0.29, 0.717) is 6.61 Å². The monoisotopic (exact) mass is 202 g/mol. The molecule has 0 unspecified atom stereocenters. The third-order valence-corrected chi connectivity index (χ3v) is 0.348. The van der Waals surface area contributed by atoms with Gasteiger partial charge in [-0.2, -0.15) is 0 Å². The summed E-state index contributed by atoms with van der Waals surface area (Å²) in [6.45, 7) is 3.65. The summed E-state index contributed by atoms with van der Waals surface area (Å²) in [7, 11) is 1.31. The molecule has 0 atom stereocenters. The van der Waals surface area contributed by atoms with Gasteiger partial charge in [-0.05, 0) is 6.92 Å². The summed E-state index contributed by atoms with van der Waals surface area (Å²) in [4.78, 5) is 9.82. The first-order valence-electron chi connectivity index (χ1n) is 2.80. The lowest BCUT2D eigenvalue weighted by Crippen LogP contribution is -1.95. The molecule has 0 aliphatic rings. The minimum absolute atomic E-state index is 0.211. The van der Waals surface area contributed by atoms with Crippen LogP contribution in [0.5, 0.6) is 0 Å². The lowest BCUT2D eigenvalue weighted by molar-refractivity contribution is -0.140. The van der Waals surface area contributed by atoms with Crippen molar-refractivity contribution in [1.29, 1.82) is 0 Å². The normalized spacial score (nSPS) is 9.45. The highest BCUT2D eigenvalue weighted by molar-refractivity contribution is 8.13. The molecule has 0 aliphatic carbocycles. The number of carbonyl (C=O) groups excluding carboxylic acids is 1. The van der Waals surface area contributed by atoms with E-state index in [4.69, 9.17) is 0 Å². The summed E-state index contributed by atoms with van der Waals surface area (Å²) in [6.07, 6.45) is 0.925. The van der Waals surface area contributed by atoms with Crippen LogP contribution in [0.2, 0.25) is 0 Å². The fourth-order valence-corrected chi connectivity index (χ4v) is 0.203. The molecule has 4 nitrogen and oxygen atoms in total. The first-order chi connectivity index (χ1) is 4.77. The molecule has 0 amide bonds. The van der Waals surface area contributed by atoms with E-state index in [1.165, 1.54) is 6.92 Å². The minimum Gasteiger partial charge on any atom is -0.466 e. The lowest BCUT2D eigenvalue weighted by atomic mass is 10.8. The number of carbonyl (C=O) groups is 1. The Morgan fingerprint density at radius 2 is 1.82 bits per heavy atom. The van der Waals surface area contributed by atoms with E-state index in [0.717, 1.165) is 6.26 Å². The van der Waals surface area contributed by atoms with Crippen molar-refractivity contribution in [1.82, 2.24) is 0 Å². The second kappa shape index (κ2) is 6.42. The maximum atomic E-state index is 9.82. The molecular weight excluding hydrogens is 192 g/mol. The average Bonchev–Trinajstić information content (AvgIpc) is 1.58. The van der Waals surface area contributed by atoms with Crippen molar-refractivity contribution >= 4 is 25.7 Å². The predicted octanol–water partition coefficient (Wildman–Crippen LogP) is 0.754. The van der Waals surface area contributed by atoms with E-state index in [-0.39, 0.29) is 5.97 Å². The first-order valence-corrected chi connectivity index (χ1v) is 5.52. The second-order valence-electron chi connectivity index (χ2n) is 1.61. The quantitative estimate of drug-likeness (QED) is 0.465. The molecule has 68 valence electrons. The molecule has 11 heavy (non-hydrogen) atoms. The van der Waals surface area contributed by atoms with Crippen molar-refractivity contribution in [3.05, 3.63) is 0 Å². The van der Waals surface area contributed by atoms with Crippen LogP contribution < -0.4 is 0 Å². The molecule has 0 radical (unpaired) electrons. The van der Waals surface area contributed by atoms with Gasteiger partial charge in [-0.15, -0.1) is 0 Å². The second-order valence-corrected chi connectivity index (χ2v) is 4.65. The average molecular weight is 203 g/mol. The third-order valence-electron chi connectivity index (χ3n) is 0.348. The number of ether oxygens (including phenoxy) is 1. The Hall–Kier alpha value is -0.290. The molecule has 0 aromatic heterocycles. The van der Waals surface area contributed by atoms with Crippen LogP contribution in [-0.4, -0.2) is 27.2 Å². The van der Waals surface area contributed by atoms with Crippen molar-refractivity contribution in [2.24, 2.45) is 0 Å². The van der Waals surface area contributed by atoms with E-state index >= 15 is 0 Å². The van der Waals surface area contributed by atoms with Crippen LogP contribution in [0.25, 0.3) is 0 Å². The fraction of sp³-hybridized carbons (Fsp3) is 0.800. The zero-order chi connectivity index (χ0) is 9.49. The standard InChI is InChI=1S/C4H8O2.CH3ClO2S/c1-3-6-4(2)5;1-5(2,3)4/h3H2,1-2H3;1H3. The Morgan fingerprint density at radius 3 is 1.82 bits per heavy atom. The van der Waals surface area contributed by atoms with E-state index in [1.807, 2.05) is 0 Å². The molecule has 0 rings (SSSR count). The molecule has 0 saturated carbocycles. The Balaban J connectivity index is 0. The number of hydrogen-bond acceptors (Lipinski definition) is 4. The zero-order valence-corrected chi connectivity index (χ0v) is 8.20. The van der Waals surface area contributed by atoms with Gasteiger partial charge < -0.3 is 4.74 Å². The predicted molar refractivity (Wildman–Crippen MR) is 43.0 cm³/mol. The number of halogens is 1. The van der Waals surface area contributed by atoms with Crippen molar-refractivity contribution in [3.63, 3.8) is 0 Å². The number of rotatable bonds is 1. The van der Waals surface area contributed by atoms with Crippen molar-refractivity contribution < 1.29 is 17.9 Å². The minimum atomic E-state index is -3.19. The van der Waals surface area contributed by atoms with Gasteiger partial charge in [0.15, 0.2) is 0 Å². The maximum absolute atomic E-state index is 9.82. The summed E-state index contributed by atoms with van der Waals surface area (Å²) >= 11 is 0. The fourth-order valence-electron chi connectivity index (χ4n) is 0.203. The molecular formula is C5H11ClO4S. The molecule has 0 spiro atoms. The van der Waals surface area contributed by atoms with Crippen LogP contribution in [0.15, 0.2) is 0 Å². The first kappa shape index (κ1) is 13.3. The highest BCUT2D eigenvalue weighted by atomic mass is 35.7. The number of hydrogen-bond donors (Lipinski definition) is 0. The maximum Gasteiger partial charge on any atom is 0.302 e. The molecule has 0 N–H and O–H groups in total. The van der Waals surface area contributed by atoms with E-state index in [9.17, 15) is 13.2 Å². The molecule has 0 bridgehead atoms. The van der Waals surface area contributed by atoms with Crippen molar-refractivity contribution in [2.75, 3.05) is 12.9 Å². The molecule has 0 heterocycles. The van der Waals surface area contributed by atoms with E-state index in [2.05, 4.69) is 15.4 Å². The van der Waals surface area contributed by atoms with Crippen LogP contribution in [0.1, 0.15) is 13.8 Å². The molecule has 0 aromatic rings. The molecule has 0 aromatic carbocycles. The van der Waals surface area contributed by atoms with E-state index < -0.39 is 9.05 Å². The molecule has 0 fully saturated rings. The van der Waals surface area contributed by atoms with Crippen molar-refractivity contribution in [2.45, 2.75) is 13.8 Å². The van der Waals surface area contributed by atoms with Crippen molar-refractivity contribution in [3.8, 4) is 0 Å². The highest BCUT2D eigenvalue weighted by Gasteiger charge is 1.83. The van der Waals surface area contributed by atoms with Gasteiger partial charge in [-0.25, -0.2) is 8.42 Å². The van der Waals surface area contributed by atoms with Gasteiger partial charge in [0.2, 0.25) is 9.05 Å². The van der Waals surface area contributed by atoms with Crippen LogP contribution in [0, 0.1) is 0 Å². The smallest absolute Gasteiger partial charge is 0.302 e. The van der Waals surface area contributed by atoms with Crippen LogP contribution in [0.3, 0.4) is 0 Å². The lowest BCUT2D eigenvalue weighted by Gasteiger charge is -1.89.